The zero-order valence-electron chi connectivity index (χ0n) is 35.2. The standard InChI is InChI=1S/C45H63NO7.C2HF3O.CH4/c1-5-6-7-8-9-10-11-12-13-14-15-16-17-18-22-25-38(48)52-41(35-23-20-19-21-24-35)43(49)51-37-28-29-45(50)34(3)46(4)31-30-44(45)39-33(2)26-27-36(32-47)40(39)53-42(37)44;3-2(4,5)1-6;/h12-13,19-21,23-24,26-28,34,41-42,47,50H,5-11,14-18,22,25,29-32H2,1-4H3;1H;1H4/b13-12-;;/t34-,41+,42+,44+,45-;;/m1../s1. The molecule has 1 saturated heterocycles. The number of aldehydes is 1. The van der Waals surface area contributed by atoms with Gasteiger partial charge in [0.05, 0.1) is 17.6 Å². The molecule has 334 valence electrons. The van der Waals surface area contributed by atoms with Crippen LogP contribution in [0.3, 0.4) is 0 Å². The first kappa shape index (κ1) is 50.4. The van der Waals surface area contributed by atoms with Gasteiger partial charge in [0.15, 0.2) is 6.10 Å². The number of unbranched alkanes of at least 4 members (excludes halogenated alkanes) is 11. The van der Waals surface area contributed by atoms with Crippen molar-refractivity contribution in [3.05, 3.63) is 88.7 Å². The molecule has 3 aliphatic rings. The Bertz CT molecular complexity index is 1730. The fourth-order valence-electron chi connectivity index (χ4n) is 8.78. The fourth-order valence-corrected chi connectivity index (χ4v) is 8.78. The van der Waals surface area contributed by atoms with Gasteiger partial charge in [0, 0.05) is 35.6 Å². The molecule has 60 heavy (non-hydrogen) atoms. The normalized spacial score (nSPS) is 22.4. The van der Waals surface area contributed by atoms with Crippen LogP contribution in [0.25, 0.3) is 0 Å². The number of halogens is 3. The molecule has 2 aromatic carbocycles. The van der Waals surface area contributed by atoms with Crippen molar-refractivity contribution in [1.82, 2.24) is 4.90 Å². The first-order valence-electron chi connectivity index (χ1n) is 21.4. The maximum Gasteiger partial charge on any atom is 0.446 e. The molecule has 2 heterocycles. The lowest BCUT2D eigenvalue weighted by Gasteiger charge is -2.58. The number of hydrogen-bond donors (Lipinski definition) is 2. The number of piperidine rings is 1. The predicted octanol–water partition coefficient (Wildman–Crippen LogP) is 10.5. The van der Waals surface area contributed by atoms with Gasteiger partial charge >= 0.3 is 18.1 Å². The number of nitrogens with zero attached hydrogens (tertiary/aromatic N) is 1. The third kappa shape index (κ3) is 12.5. The Kier molecular flexibility index (Phi) is 20.0. The van der Waals surface area contributed by atoms with Crippen molar-refractivity contribution in [2.75, 3.05) is 13.6 Å². The van der Waals surface area contributed by atoms with E-state index in [1.165, 1.54) is 44.9 Å². The van der Waals surface area contributed by atoms with Crippen LogP contribution in [-0.2, 0) is 35.9 Å². The zero-order chi connectivity index (χ0) is 43.1. The highest BCUT2D eigenvalue weighted by atomic mass is 19.4. The molecule has 0 radical (unpaired) electrons. The molecule has 1 aliphatic carbocycles. The summed E-state index contributed by atoms with van der Waals surface area (Å²) in [5, 5.41) is 22.8. The quantitative estimate of drug-likeness (QED) is 0.0580. The van der Waals surface area contributed by atoms with Crippen LogP contribution in [0.5, 0.6) is 5.75 Å². The molecule has 1 fully saturated rings. The number of esters is 2. The predicted molar refractivity (Wildman–Crippen MR) is 227 cm³/mol. The van der Waals surface area contributed by atoms with Gasteiger partial charge in [-0.05, 0) is 77.6 Å². The van der Waals surface area contributed by atoms with E-state index in [2.05, 4.69) is 24.0 Å². The maximum absolute atomic E-state index is 14.1. The summed E-state index contributed by atoms with van der Waals surface area (Å²) in [5.41, 5.74) is 0.843. The van der Waals surface area contributed by atoms with E-state index in [0.717, 1.165) is 43.2 Å². The number of aliphatic hydroxyl groups is 2. The SMILES string of the molecule is C.CCCCCCCC/C=C\CCCCCCCC(=O)O[C@H](C(=O)OC1=CC[C@@]2(O)[C@@H](C)N(C)CC[C@@]23c2c(C)ccc(CO)c2O[C@@H]13)c1ccccc1.O=CC(F)(F)F. The van der Waals surface area contributed by atoms with Crippen LogP contribution in [0.4, 0.5) is 13.2 Å². The average Bonchev–Trinajstić information content (AvgIpc) is 3.59. The zero-order valence-corrected chi connectivity index (χ0v) is 35.2. The monoisotopic (exact) mass is 843 g/mol. The summed E-state index contributed by atoms with van der Waals surface area (Å²) >= 11 is 0. The topological polar surface area (TPSA) is 123 Å². The van der Waals surface area contributed by atoms with Crippen molar-refractivity contribution < 1.29 is 52.0 Å². The van der Waals surface area contributed by atoms with E-state index in [1.807, 2.05) is 39.1 Å². The first-order valence-corrected chi connectivity index (χ1v) is 21.4. The molecule has 2 aliphatic heterocycles. The van der Waals surface area contributed by atoms with Gasteiger partial charge in [-0.25, -0.2) is 4.79 Å². The number of carbonyl (C=O) groups is 3. The van der Waals surface area contributed by atoms with Gasteiger partial charge < -0.3 is 29.3 Å². The largest absolute Gasteiger partial charge is 0.481 e. The second-order valence-electron chi connectivity index (χ2n) is 16.2. The highest BCUT2D eigenvalue weighted by molar-refractivity contribution is 5.81. The summed E-state index contributed by atoms with van der Waals surface area (Å²) in [5.74, 6) is -0.304. The van der Waals surface area contributed by atoms with Crippen molar-refractivity contribution in [2.45, 2.75) is 173 Å². The van der Waals surface area contributed by atoms with Crippen LogP contribution in [0.2, 0.25) is 0 Å². The van der Waals surface area contributed by atoms with Crippen LogP contribution in [0.15, 0.2) is 66.5 Å². The number of aryl methyl sites for hydroxylation is 1. The second kappa shape index (κ2) is 23.9. The lowest BCUT2D eigenvalue weighted by Crippen LogP contribution is -2.71. The second-order valence-corrected chi connectivity index (χ2v) is 16.2. The molecule has 0 saturated carbocycles. The third-order valence-electron chi connectivity index (χ3n) is 12.2. The van der Waals surface area contributed by atoms with Gasteiger partial charge in [0.1, 0.15) is 11.5 Å². The number of rotatable bonds is 20. The number of carbonyl (C=O) groups excluding carboxylic acids is 3. The van der Waals surface area contributed by atoms with E-state index >= 15 is 0 Å². The van der Waals surface area contributed by atoms with Gasteiger partial charge in [0.25, 0.3) is 0 Å². The molecule has 0 bridgehead atoms. The third-order valence-corrected chi connectivity index (χ3v) is 12.2. The number of ether oxygens (including phenoxy) is 3. The Balaban J connectivity index is 0.00000128. The van der Waals surface area contributed by atoms with Crippen molar-refractivity contribution >= 4 is 18.2 Å². The summed E-state index contributed by atoms with van der Waals surface area (Å²) in [4.78, 5) is 38.1. The lowest BCUT2D eigenvalue weighted by atomic mass is 9.54. The summed E-state index contributed by atoms with van der Waals surface area (Å²) in [6.07, 6.45) is 14.9. The van der Waals surface area contributed by atoms with Crippen LogP contribution in [0.1, 0.15) is 152 Å². The number of hydrogen-bond acceptors (Lipinski definition) is 9. The Morgan fingerprint density at radius 3 is 2.17 bits per heavy atom. The van der Waals surface area contributed by atoms with Gasteiger partial charge in [0.2, 0.25) is 12.4 Å². The summed E-state index contributed by atoms with van der Waals surface area (Å²) in [6, 6.07) is 12.6. The number of likely N-dealkylation sites (N-methyl/N-ethyl adjacent to an activating group) is 1. The molecule has 9 nitrogen and oxygen atoms in total. The van der Waals surface area contributed by atoms with Gasteiger partial charge in [-0.15, -0.1) is 0 Å². The number of allylic oxidation sites excluding steroid dienone is 2. The molecule has 0 aromatic heterocycles. The van der Waals surface area contributed by atoms with E-state index in [9.17, 15) is 33.0 Å². The van der Waals surface area contributed by atoms with Crippen LogP contribution >= 0.6 is 0 Å². The first-order chi connectivity index (χ1) is 28.2. The summed E-state index contributed by atoms with van der Waals surface area (Å²) < 4.78 is 49.9. The van der Waals surface area contributed by atoms with Crippen molar-refractivity contribution in [1.29, 1.82) is 0 Å². The van der Waals surface area contributed by atoms with E-state index in [4.69, 9.17) is 19.0 Å². The Morgan fingerprint density at radius 2 is 1.57 bits per heavy atom. The molecule has 1 spiro atoms. The Morgan fingerprint density at radius 1 is 0.967 bits per heavy atom. The number of aliphatic hydroxyl groups excluding tert-OH is 1. The highest BCUT2D eigenvalue weighted by Gasteiger charge is 2.69. The van der Waals surface area contributed by atoms with E-state index in [-0.39, 0.29) is 32.9 Å². The van der Waals surface area contributed by atoms with Crippen LogP contribution < -0.4 is 4.74 Å². The molecule has 2 N–H and O–H groups in total. The fraction of sp³-hybridized carbons (Fsp3) is 0.604. The van der Waals surface area contributed by atoms with Crippen LogP contribution in [0, 0.1) is 6.92 Å². The smallest absolute Gasteiger partial charge is 0.446 e. The van der Waals surface area contributed by atoms with E-state index in [0.29, 0.717) is 42.0 Å². The van der Waals surface area contributed by atoms with Gasteiger partial charge in [-0.2, -0.15) is 13.2 Å². The molecular formula is C48H68F3NO8. The molecule has 0 unspecified atom stereocenters. The van der Waals surface area contributed by atoms with Crippen molar-refractivity contribution in [3.8, 4) is 5.75 Å². The Hall–Kier alpha value is -4.00. The highest BCUT2D eigenvalue weighted by Crippen LogP contribution is 2.61. The number of likely N-dealkylation sites (tertiary alicyclic amines) is 1. The van der Waals surface area contributed by atoms with Gasteiger partial charge in [-0.3, -0.25) is 9.59 Å². The maximum atomic E-state index is 14.1. The van der Waals surface area contributed by atoms with Crippen molar-refractivity contribution in [2.24, 2.45) is 0 Å². The average molecular weight is 844 g/mol. The van der Waals surface area contributed by atoms with Crippen LogP contribution in [-0.4, -0.2) is 70.9 Å². The molecule has 12 heteroatoms. The molecule has 5 rings (SSSR count). The number of fused-ring (bicyclic) bond motifs is 1. The van der Waals surface area contributed by atoms with E-state index < -0.39 is 47.6 Å². The lowest BCUT2D eigenvalue weighted by molar-refractivity contribution is -0.173. The molecular weight excluding hydrogens is 776 g/mol. The van der Waals surface area contributed by atoms with Crippen molar-refractivity contribution in [3.63, 3.8) is 0 Å². The summed E-state index contributed by atoms with van der Waals surface area (Å²) in [6.45, 7) is 6.75. The summed E-state index contributed by atoms with van der Waals surface area (Å²) in [7, 11) is 2.01. The minimum atomic E-state index is -4.64. The Labute approximate surface area is 355 Å². The number of alkyl halides is 3. The minimum Gasteiger partial charge on any atom is -0.481 e. The number of benzene rings is 2. The molecule has 2 aromatic rings. The molecule has 5 atom stereocenters. The molecule has 0 amide bonds. The minimum absolute atomic E-state index is 0. The van der Waals surface area contributed by atoms with E-state index in [1.54, 1.807) is 30.3 Å². The van der Waals surface area contributed by atoms with Gasteiger partial charge in [-0.1, -0.05) is 120 Å².